The Morgan fingerprint density at radius 1 is 1.12 bits per heavy atom. The molecule has 0 bridgehead atoms. The van der Waals surface area contributed by atoms with Crippen LogP contribution in [-0.4, -0.2) is 48.3 Å². The first-order valence-corrected chi connectivity index (χ1v) is 7.06. The summed E-state index contributed by atoms with van der Waals surface area (Å²) in [6, 6.07) is 11.3. The van der Waals surface area contributed by atoms with E-state index in [2.05, 4.69) is 59.7 Å². The second-order valence-electron chi connectivity index (χ2n) is 4.69. The number of thiol groups is 1. The Balaban J connectivity index is 1.88. The Morgan fingerprint density at radius 3 is 2.35 bits per heavy atom. The fraction of sp³-hybridized carbons (Fsp3) is 0.571. The molecule has 1 aliphatic heterocycles. The highest BCUT2D eigenvalue weighted by molar-refractivity contribution is 7.80. The van der Waals surface area contributed by atoms with Crippen molar-refractivity contribution >= 4 is 12.6 Å². The molecule has 1 atom stereocenters. The molecule has 17 heavy (non-hydrogen) atoms. The van der Waals surface area contributed by atoms with E-state index in [9.17, 15) is 0 Å². The van der Waals surface area contributed by atoms with Crippen molar-refractivity contribution in [1.29, 1.82) is 0 Å². The van der Waals surface area contributed by atoms with Gasteiger partial charge in [0.2, 0.25) is 0 Å². The third kappa shape index (κ3) is 3.47. The van der Waals surface area contributed by atoms with E-state index in [-0.39, 0.29) is 0 Å². The highest BCUT2D eigenvalue weighted by atomic mass is 32.1. The second-order valence-corrected chi connectivity index (χ2v) is 5.14. The SMILES string of the molecule is CC(c1ccccc1)N1CCN(CCS)CC1. The minimum atomic E-state index is 0.536. The Bertz CT molecular complexity index is 320. The molecule has 0 aromatic heterocycles. The van der Waals surface area contributed by atoms with Crippen LogP contribution in [-0.2, 0) is 0 Å². The van der Waals surface area contributed by atoms with Crippen LogP contribution in [0.1, 0.15) is 18.5 Å². The van der Waals surface area contributed by atoms with Crippen LogP contribution in [0.2, 0.25) is 0 Å². The average molecular weight is 250 g/mol. The number of hydrogen-bond donors (Lipinski definition) is 1. The Morgan fingerprint density at radius 2 is 1.76 bits per heavy atom. The Labute approximate surface area is 110 Å². The number of hydrogen-bond acceptors (Lipinski definition) is 3. The van der Waals surface area contributed by atoms with Gasteiger partial charge in [-0.15, -0.1) is 0 Å². The summed E-state index contributed by atoms with van der Waals surface area (Å²) in [4.78, 5) is 5.07. The zero-order chi connectivity index (χ0) is 12.1. The smallest absolute Gasteiger partial charge is 0.0320 e. The molecule has 2 rings (SSSR count). The molecule has 3 heteroatoms. The second kappa shape index (κ2) is 6.43. The van der Waals surface area contributed by atoms with Gasteiger partial charge in [0, 0.05) is 44.5 Å². The molecule has 1 fully saturated rings. The highest BCUT2D eigenvalue weighted by Crippen LogP contribution is 2.20. The number of benzene rings is 1. The zero-order valence-electron chi connectivity index (χ0n) is 10.5. The quantitative estimate of drug-likeness (QED) is 0.819. The van der Waals surface area contributed by atoms with Gasteiger partial charge < -0.3 is 0 Å². The summed E-state index contributed by atoms with van der Waals surface area (Å²) in [7, 11) is 0. The predicted octanol–water partition coefficient (Wildman–Crippen LogP) is 2.29. The van der Waals surface area contributed by atoms with E-state index in [1.54, 1.807) is 0 Å². The third-order valence-electron chi connectivity index (χ3n) is 3.65. The van der Waals surface area contributed by atoms with E-state index in [1.165, 1.54) is 31.7 Å². The summed E-state index contributed by atoms with van der Waals surface area (Å²) < 4.78 is 0. The molecule has 0 aliphatic carbocycles. The standard InChI is InChI=1S/C14H22N2S/c1-13(14-5-3-2-4-6-14)16-9-7-15(8-10-16)11-12-17/h2-6,13,17H,7-12H2,1H3. The zero-order valence-corrected chi connectivity index (χ0v) is 11.4. The lowest BCUT2D eigenvalue weighted by atomic mass is 10.1. The molecule has 0 N–H and O–H groups in total. The lowest BCUT2D eigenvalue weighted by Gasteiger charge is -2.38. The van der Waals surface area contributed by atoms with Crippen molar-refractivity contribution in [3.05, 3.63) is 35.9 Å². The molecule has 2 nitrogen and oxygen atoms in total. The molecule has 1 aromatic rings. The van der Waals surface area contributed by atoms with E-state index < -0.39 is 0 Å². The van der Waals surface area contributed by atoms with Gasteiger partial charge in [0.15, 0.2) is 0 Å². The third-order valence-corrected chi connectivity index (χ3v) is 3.85. The van der Waals surface area contributed by atoms with Gasteiger partial charge in [0.25, 0.3) is 0 Å². The van der Waals surface area contributed by atoms with Gasteiger partial charge >= 0.3 is 0 Å². The maximum absolute atomic E-state index is 4.30. The molecule has 1 saturated heterocycles. The fourth-order valence-electron chi connectivity index (χ4n) is 2.46. The maximum atomic E-state index is 4.30. The van der Waals surface area contributed by atoms with E-state index in [0.29, 0.717) is 6.04 Å². The number of rotatable bonds is 4. The Kier molecular flexibility index (Phi) is 4.89. The van der Waals surface area contributed by atoms with E-state index >= 15 is 0 Å². The van der Waals surface area contributed by atoms with Gasteiger partial charge in [-0.3, -0.25) is 9.80 Å². The van der Waals surface area contributed by atoms with Crippen LogP contribution in [0.5, 0.6) is 0 Å². The van der Waals surface area contributed by atoms with Crippen LogP contribution in [0.4, 0.5) is 0 Å². The molecular weight excluding hydrogens is 228 g/mol. The van der Waals surface area contributed by atoms with Crippen molar-refractivity contribution in [3.8, 4) is 0 Å². The van der Waals surface area contributed by atoms with Gasteiger partial charge in [0.05, 0.1) is 0 Å². The molecule has 1 aliphatic rings. The summed E-state index contributed by atoms with van der Waals surface area (Å²) in [5.41, 5.74) is 1.43. The number of nitrogens with zero attached hydrogens (tertiary/aromatic N) is 2. The highest BCUT2D eigenvalue weighted by Gasteiger charge is 2.21. The van der Waals surface area contributed by atoms with E-state index in [1.807, 2.05) is 0 Å². The maximum Gasteiger partial charge on any atom is 0.0320 e. The topological polar surface area (TPSA) is 6.48 Å². The molecule has 0 saturated carbocycles. The molecule has 94 valence electrons. The predicted molar refractivity (Wildman–Crippen MR) is 76.7 cm³/mol. The van der Waals surface area contributed by atoms with Crippen LogP contribution < -0.4 is 0 Å². The van der Waals surface area contributed by atoms with Gasteiger partial charge in [-0.2, -0.15) is 12.6 Å². The van der Waals surface area contributed by atoms with E-state index in [0.717, 1.165) is 12.3 Å². The first kappa shape index (κ1) is 12.9. The van der Waals surface area contributed by atoms with Crippen molar-refractivity contribution in [2.45, 2.75) is 13.0 Å². The van der Waals surface area contributed by atoms with Crippen LogP contribution >= 0.6 is 12.6 Å². The van der Waals surface area contributed by atoms with Crippen molar-refractivity contribution in [3.63, 3.8) is 0 Å². The summed E-state index contributed by atoms with van der Waals surface area (Å²) in [5, 5.41) is 0. The first-order valence-electron chi connectivity index (χ1n) is 6.43. The van der Waals surface area contributed by atoms with Gasteiger partial charge in [0.1, 0.15) is 0 Å². The summed E-state index contributed by atoms with van der Waals surface area (Å²) in [5.74, 6) is 0.967. The van der Waals surface area contributed by atoms with Crippen molar-refractivity contribution in [2.75, 3.05) is 38.5 Å². The van der Waals surface area contributed by atoms with Crippen molar-refractivity contribution < 1.29 is 0 Å². The molecular formula is C14H22N2S. The van der Waals surface area contributed by atoms with Crippen LogP contribution in [0.25, 0.3) is 0 Å². The summed E-state index contributed by atoms with van der Waals surface area (Å²) >= 11 is 4.30. The van der Waals surface area contributed by atoms with Crippen LogP contribution in [0.15, 0.2) is 30.3 Å². The molecule has 1 heterocycles. The minimum absolute atomic E-state index is 0.536. The minimum Gasteiger partial charge on any atom is -0.300 e. The van der Waals surface area contributed by atoms with Gasteiger partial charge in [-0.1, -0.05) is 30.3 Å². The van der Waals surface area contributed by atoms with E-state index in [4.69, 9.17) is 0 Å². The van der Waals surface area contributed by atoms with Crippen LogP contribution in [0.3, 0.4) is 0 Å². The molecule has 0 amide bonds. The summed E-state index contributed by atoms with van der Waals surface area (Å²) in [6.45, 7) is 8.13. The monoisotopic (exact) mass is 250 g/mol. The lowest BCUT2D eigenvalue weighted by molar-refractivity contribution is 0.107. The summed E-state index contributed by atoms with van der Waals surface area (Å²) in [6.07, 6.45) is 0. The fourth-order valence-corrected chi connectivity index (χ4v) is 2.74. The molecule has 1 unspecified atom stereocenters. The number of piperazine rings is 1. The first-order chi connectivity index (χ1) is 8.31. The average Bonchev–Trinajstić information content (AvgIpc) is 2.40. The largest absolute Gasteiger partial charge is 0.300 e. The molecule has 1 aromatic carbocycles. The Hall–Kier alpha value is -0.510. The molecule has 0 radical (unpaired) electrons. The van der Waals surface area contributed by atoms with Crippen LogP contribution in [0, 0.1) is 0 Å². The normalized spacial score (nSPS) is 20.4. The molecule has 0 spiro atoms. The van der Waals surface area contributed by atoms with Crippen molar-refractivity contribution in [2.24, 2.45) is 0 Å². The lowest BCUT2D eigenvalue weighted by Crippen LogP contribution is -2.47. The van der Waals surface area contributed by atoms with Gasteiger partial charge in [-0.25, -0.2) is 0 Å². The van der Waals surface area contributed by atoms with Gasteiger partial charge in [-0.05, 0) is 12.5 Å². The van der Waals surface area contributed by atoms with Crippen molar-refractivity contribution in [1.82, 2.24) is 9.80 Å².